The van der Waals surface area contributed by atoms with Gasteiger partial charge in [0.15, 0.2) is 0 Å². The number of thiol groups is 4. The van der Waals surface area contributed by atoms with Crippen molar-refractivity contribution in [2.24, 2.45) is 11.5 Å². The number of carbonyl (C=O) groups excluding carboxylic acids is 24. The number of nitrogens with one attached hydrogen (secondary N) is 20. The highest BCUT2D eigenvalue weighted by atomic mass is 32.1. The van der Waals surface area contributed by atoms with E-state index in [4.69, 9.17) is 16.2 Å². The standard InChI is InChI=1S/C84H142N24O33S4/c1-41(111)65(103-55(119)31-89-73(133)49(37-109)101-59(123)35-107(13)79(139)69(83(9,10)144)95-43(3)113)75(135)91-33-57(121)105-67(81(5,6)142)77(137)93-29-53(117)97-45(21-23-63(127)128)27-51(115)99-47(71(85)131)19-15-17-25-87-61(125)39-141-40-62(126)88-26-18-16-20-48(72(86)132)100-52(116)28-46(22-24-64(129)130)98-54(118)30-94-78(138)68(82(7,8)143)106-58(122)34-92-76(136)66(42(2)112)104-56(120)32-90-74(134)50(38-110)102-60(124)36-108(14)80(140)70(84(11,12)145)96-44(4)114/h41-42,45-50,65-70,109-112,142-145H,15-40H2,1-14H3,(H2,85,131)(H2,86,132)(H,87,125)(H,88,126)(H,89,133)(H,90,134)(H,91,135)(H,92,136)(H,93,137)(H,94,138)(H,95,113)(H,96,114)(H,97,117)(H,98,118)(H,99,115)(H,100,116)(H,101,123)(H,102,124)(H,103,119)(H,104,120)(H,105,121)(H,106,122)(H,127,128)(H,129,130)/t41?,42?,45-,46-,47+,48+,49-,50-,65-,66-,67+,68+,69+,70+/m0/s1. The van der Waals surface area contributed by atoms with E-state index >= 15 is 0 Å². The molecule has 0 spiro atoms. The van der Waals surface area contributed by atoms with Gasteiger partial charge in [-0.15, -0.1) is 0 Å². The van der Waals surface area contributed by atoms with Gasteiger partial charge in [0.1, 0.15) is 73.6 Å². The largest absolute Gasteiger partial charge is 0.481 e. The van der Waals surface area contributed by atoms with Crippen molar-refractivity contribution in [1.82, 2.24) is 116 Å². The Balaban J connectivity index is 5.33. The number of nitrogens with zero attached hydrogens (tertiary/aromatic N) is 2. The van der Waals surface area contributed by atoms with Gasteiger partial charge in [-0.2, -0.15) is 50.5 Å². The molecule has 0 rings (SSSR count). The number of carboxylic acids is 2. The number of hydrogen-bond acceptors (Lipinski definition) is 35. The lowest BCUT2D eigenvalue weighted by atomic mass is 10.0. The summed E-state index contributed by atoms with van der Waals surface area (Å²) in [6, 6.07) is -17.3. The Labute approximate surface area is 857 Å². The first-order valence-corrected chi connectivity index (χ1v) is 47.1. The minimum Gasteiger partial charge on any atom is -0.481 e. The van der Waals surface area contributed by atoms with Crippen LogP contribution in [0.2, 0.25) is 0 Å². The van der Waals surface area contributed by atoms with E-state index in [2.05, 4.69) is 157 Å². The minimum absolute atomic E-state index is 0.0128. The van der Waals surface area contributed by atoms with Crippen molar-refractivity contribution in [2.45, 2.75) is 264 Å². The van der Waals surface area contributed by atoms with Crippen LogP contribution in [-0.2, 0) is 129 Å². The minimum atomic E-state index is -1.77. The second-order valence-corrected chi connectivity index (χ2v) is 40.4. The van der Waals surface area contributed by atoms with Crippen molar-refractivity contribution in [3.05, 3.63) is 0 Å². The Morgan fingerprint density at radius 3 is 0.855 bits per heavy atom. The number of nitrogens with two attached hydrogens (primary N) is 2. The highest BCUT2D eigenvalue weighted by molar-refractivity contribution is 7.82. The highest BCUT2D eigenvalue weighted by Gasteiger charge is 2.41. The van der Waals surface area contributed by atoms with Crippen LogP contribution < -0.4 is 118 Å². The smallest absolute Gasteiger partial charge is 0.303 e. The Kier molecular flexibility index (Phi) is 60.0. The molecule has 0 aromatic carbocycles. The first-order valence-electron chi connectivity index (χ1n) is 45.3. The predicted molar refractivity (Wildman–Crippen MR) is 524 cm³/mol. The summed E-state index contributed by atoms with van der Waals surface area (Å²) in [7, 11) is 2.47. The molecule has 24 amide bonds. The summed E-state index contributed by atoms with van der Waals surface area (Å²) >= 11 is 17.4. The fourth-order valence-electron chi connectivity index (χ4n) is 12.7. The number of ether oxygens (including phenoxy) is 1. The molecule has 0 heterocycles. The summed E-state index contributed by atoms with van der Waals surface area (Å²) in [5.41, 5.74) is 11.1. The van der Waals surface area contributed by atoms with Crippen LogP contribution in [0.4, 0.5) is 0 Å². The zero-order valence-electron chi connectivity index (χ0n) is 83.0. The van der Waals surface area contributed by atoms with Crippen LogP contribution in [0.3, 0.4) is 0 Å². The van der Waals surface area contributed by atoms with Gasteiger partial charge in [0, 0.05) is 97.8 Å². The Morgan fingerprint density at radius 1 is 0.324 bits per heavy atom. The summed E-state index contributed by atoms with van der Waals surface area (Å²) in [4.78, 5) is 334. The number of primary amides is 2. The van der Waals surface area contributed by atoms with Gasteiger partial charge in [0.2, 0.25) is 142 Å². The summed E-state index contributed by atoms with van der Waals surface area (Å²) in [6.45, 7) is 6.74. The number of likely N-dealkylation sites (N-methyl/N-ethyl adjacent to an activating group) is 2. The van der Waals surface area contributed by atoms with Gasteiger partial charge in [-0.1, -0.05) is 0 Å². The van der Waals surface area contributed by atoms with E-state index in [1.165, 1.54) is 55.6 Å². The van der Waals surface area contributed by atoms with Gasteiger partial charge < -0.3 is 163 Å². The number of carbonyl (C=O) groups is 26. The average Bonchev–Trinajstić information content (AvgIpc) is 0.829. The van der Waals surface area contributed by atoms with Crippen LogP contribution in [0.1, 0.15) is 160 Å². The summed E-state index contributed by atoms with van der Waals surface area (Å²) in [5.74, 6) is -24.6. The van der Waals surface area contributed by atoms with Crippen LogP contribution in [0.15, 0.2) is 0 Å². The van der Waals surface area contributed by atoms with Crippen molar-refractivity contribution in [3.8, 4) is 0 Å². The lowest BCUT2D eigenvalue weighted by Crippen LogP contribution is -2.59. The molecule has 0 fully saturated rings. The molecule has 61 heteroatoms. The molecule has 820 valence electrons. The second kappa shape index (κ2) is 65.7. The Hall–Kier alpha value is -12.6. The van der Waals surface area contributed by atoms with Crippen molar-refractivity contribution in [1.29, 1.82) is 0 Å². The van der Waals surface area contributed by atoms with E-state index in [9.17, 15) is 155 Å². The third kappa shape index (κ3) is 56.5. The number of hydrogen-bond donors (Lipinski definition) is 32. The van der Waals surface area contributed by atoms with Gasteiger partial charge in [-0.25, -0.2) is 0 Å². The first kappa shape index (κ1) is 132. The number of aliphatic hydroxyl groups is 4. The molecule has 145 heavy (non-hydrogen) atoms. The van der Waals surface area contributed by atoms with Crippen molar-refractivity contribution in [3.63, 3.8) is 0 Å². The molecule has 0 aromatic heterocycles. The van der Waals surface area contributed by atoms with E-state index in [0.29, 0.717) is 0 Å². The van der Waals surface area contributed by atoms with Crippen molar-refractivity contribution < 1.29 is 160 Å². The molecule has 14 atom stereocenters. The van der Waals surface area contributed by atoms with E-state index in [1.54, 1.807) is 27.7 Å². The number of aliphatic carboxylic acids is 2. The molecule has 0 aliphatic heterocycles. The molecule has 57 nitrogen and oxygen atoms in total. The van der Waals surface area contributed by atoms with Gasteiger partial charge in [-0.3, -0.25) is 125 Å². The average molecular weight is 2140 g/mol. The maximum Gasteiger partial charge on any atom is 0.303 e. The first-order chi connectivity index (χ1) is 67.0. The van der Waals surface area contributed by atoms with Gasteiger partial charge in [0.05, 0.1) is 77.8 Å². The second-order valence-electron chi connectivity index (χ2n) is 35.8. The normalized spacial score (nSPS) is 14.2. The molecular formula is C84H142N24O33S4. The van der Waals surface area contributed by atoms with Gasteiger partial charge >= 0.3 is 11.9 Å². The van der Waals surface area contributed by atoms with Crippen LogP contribution in [-0.4, -0.2) is 404 Å². The van der Waals surface area contributed by atoms with Crippen LogP contribution in [0, 0.1) is 0 Å². The van der Waals surface area contributed by atoms with Gasteiger partial charge in [0.25, 0.3) is 0 Å². The summed E-state index contributed by atoms with van der Waals surface area (Å²) in [5, 5.41) is 106. The molecule has 0 aliphatic rings. The Bertz CT molecular complexity index is 4260. The highest BCUT2D eigenvalue weighted by Crippen LogP contribution is 2.23. The Morgan fingerprint density at radius 2 is 0.593 bits per heavy atom. The van der Waals surface area contributed by atoms with E-state index in [-0.39, 0.29) is 64.5 Å². The van der Waals surface area contributed by atoms with Crippen molar-refractivity contribution >= 4 is 204 Å². The molecule has 0 saturated heterocycles. The van der Waals surface area contributed by atoms with Crippen molar-refractivity contribution in [2.75, 3.05) is 106 Å². The molecule has 0 bridgehead atoms. The van der Waals surface area contributed by atoms with Crippen LogP contribution >= 0.6 is 50.5 Å². The molecule has 0 aromatic rings. The van der Waals surface area contributed by atoms with Gasteiger partial charge in [-0.05, 0) is 121 Å². The predicted octanol–water partition coefficient (Wildman–Crippen LogP) is -13.9. The molecule has 0 saturated carbocycles. The zero-order valence-corrected chi connectivity index (χ0v) is 86.6. The fourth-order valence-corrected chi connectivity index (χ4v) is 13.5. The number of rotatable bonds is 70. The lowest BCUT2D eigenvalue weighted by molar-refractivity contribution is -0.139. The summed E-state index contributed by atoms with van der Waals surface area (Å²) in [6.07, 6.45) is -5.63. The third-order valence-corrected chi connectivity index (χ3v) is 21.4. The van der Waals surface area contributed by atoms with E-state index in [0.717, 1.165) is 23.6 Å². The third-order valence-electron chi connectivity index (χ3n) is 20.3. The fraction of sp³-hybridized carbons (Fsp3) is 0.690. The number of carboxylic acid groups (broad SMARTS) is 2. The topological polar surface area (TPSA) is 874 Å². The zero-order chi connectivity index (χ0) is 111. The maximum absolute atomic E-state index is 13.5. The number of aliphatic hydroxyl groups excluding tert-OH is 4. The SMILES string of the molecule is CC(=O)N[C@H](C(=O)N(C)CC(=O)N[C@@H](CO)C(=O)NCC(=O)N[C@H](C(=O)NCC(=O)N[C@H](C(=O)NCC(=O)N[C@@H](CCC(=O)O)CC(=O)N[C@H](CCCCNC(=O)COCC(=O)NCCCC[C@@H](NC(=O)C[C@H](CCC(=O)O)NC(=O)CNC(=O)[C@@H](NC(=O)CNC(=O)[C@@H](NC(=O)CNC(=O)[C@H](CO)NC(=O)CN(C)C(=O)[C@@H](NC(C)=O)C(C)(C)S)C(C)O)C(C)(C)S)C(N)=O)C(N)=O)C(C)(C)S)C(C)O)C(C)(C)S. The maximum atomic E-state index is 13.5. The van der Waals surface area contributed by atoms with E-state index in [1.807, 2.05) is 0 Å². The molecular weight excluding hydrogens is 2000 g/mol. The number of amides is 24. The molecule has 0 aliphatic carbocycles. The molecule has 0 radical (unpaired) electrons. The monoisotopic (exact) mass is 2140 g/mol. The van der Waals surface area contributed by atoms with E-state index < -0.39 is 362 Å². The summed E-state index contributed by atoms with van der Waals surface area (Å²) < 4.78 is 0.262. The van der Waals surface area contributed by atoms with Crippen LogP contribution in [0.25, 0.3) is 0 Å². The lowest BCUT2D eigenvalue weighted by Gasteiger charge is -2.32. The number of unbranched alkanes of at least 4 members (excludes halogenated alkanes) is 2. The van der Waals surface area contributed by atoms with Crippen LogP contribution in [0.5, 0.6) is 0 Å². The quantitative estimate of drug-likeness (QED) is 0.0199. The molecule has 2 unspecified atom stereocenters. The molecule has 30 N–H and O–H groups in total.